The molecule has 0 spiro atoms. The Kier molecular flexibility index (Phi) is 3.73. The standard InChI is InChI=1S/C12H23N3O/c1-6-7-15-10(13-9-14-15)8-12(5,16)11(2,3)4/h9,16H,6-8H2,1-5H3. The zero-order valence-electron chi connectivity index (χ0n) is 11.0. The number of aromatic nitrogens is 3. The molecule has 1 aromatic rings. The van der Waals surface area contributed by atoms with Gasteiger partial charge in [0, 0.05) is 13.0 Å². The van der Waals surface area contributed by atoms with Crippen LogP contribution in [0, 0.1) is 5.41 Å². The summed E-state index contributed by atoms with van der Waals surface area (Å²) in [6, 6.07) is 0. The van der Waals surface area contributed by atoms with Crippen molar-refractivity contribution >= 4 is 0 Å². The maximum absolute atomic E-state index is 10.4. The van der Waals surface area contributed by atoms with Crippen molar-refractivity contribution in [3.05, 3.63) is 12.2 Å². The highest BCUT2D eigenvalue weighted by molar-refractivity contribution is 4.98. The molecule has 0 saturated carbocycles. The maximum atomic E-state index is 10.4. The summed E-state index contributed by atoms with van der Waals surface area (Å²) in [6.07, 6.45) is 3.12. The summed E-state index contributed by atoms with van der Waals surface area (Å²) in [5.74, 6) is 0.863. The van der Waals surface area contributed by atoms with Gasteiger partial charge >= 0.3 is 0 Å². The normalized spacial score (nSPS) is 16.1. The Bertz CT molecular complexity index is 336. The van der Waals surface area contributed by atoms with E-state index in [1.165, 1.54) is 0 Å². The van der Waals surface area contributed by atoms with E-state index in [1.807, 2.05) is 32.4 Å². The molecule has 0 aliphatic heterocycles. The fourth-order valence-corrected chi connectivity index (χ4v) is 1.40. The second kappa shape index (κ2) is 4.53. The zero-order chi connectivity index (χ0) is 12.4. The van der Waals surface area contributed by atoms with Gasteiger partial charge in [-0.15, -0.1) is 0 Å². The lowest BCUT2D eigenvalue weighted by Crippen LogP contribution is -2.42. The minimum atomic E-state index is -0.772. The molecular weight excluding hydrogens is 202 g/mol. The van der Waals surface area contributed by atoms with Crippen LogP contribution in [-0.4, -0.2) is 25.5 Å². The van der Waals surface area contributed by atoms with Crippen LogP contribution in [-0.2, 0) is 13.0 Å². The van der Waals surface area contributed by atoms with Crippen LogP contribution >= 0.6 is 0 Å². The topological polar surface area (TPSA) is 50.9 Å². The molecule has 0 bridgehead atoms. The molecule has 4 nitrogen and oxygen atoms in total. The van der Waals surface area contributed by atoms with E-state index in [9.17, 15) is 5.11 Å². The van der Waals surface area contributed by atoms with Gasteiger partial charge in [-0.05, 0) is 18.8 Å². The van der Waals surface area contributed by atoms with Crippen molar-refractivity contribution in [1.82, 2.24) is 14.8 Å². The highest BCUT2D eigenvalue weighted by atomic mass is 16.3. The number of hydrogen-bond donors (Lipinski definition) is 1. The molecule has 0 fully saturated rings. The highest BCUT2D eigenvalue weighted by Crippen LogP contribution is 2.32. The van der Waals surface area contributed by atoms with Crippen molar-refractivity contribution in [2.24, 2.45) is 5.41 Å². The highest BCUT2D eigenvalue weighted by Gasteiger charge is 2.36. The van der Waals surface area contributed by atoms with Crippen LogP contribution in [0.15, 0.2) is 6.33 Å². The fraction of sp³-hybridized carbons (Fsp3) is 0.833. The summed E-state index contributed by atoms with van der Waals surface area (Å²) in [7, 11) is 0. The van der Waals surface area contributed by atoms with E-state index in [-0.39, 0.29) is 5.41 Å². The lowest BCUT2D eigenvalue weighted by molar-refractivity contribution is -0.0427. The van der Waals surface area contributed by atoms with E-state index in [2.05, 4.69) is 17.0 Å². The number of aliphatic hydroxyl groups is 1. The van der Waals surface area contributed by atoms with Gasteiger partial charge in [-0.25, -0.2) is 4.98 Å². The van der Waals surface area contributed by atoms with Crippen molar-refractivity contribution < 1.29 is 5.11 Å². The fourth-order valence-electron chi connectivity index (χ4n) is 1.40. The lowest BCUT2D eigenvalue weighted by atomic mass is 9.75. The number of nitrogens with zero attached hydrogens (tertiary/aromatic N) is 3. The number of aryl methyl sites for hydroxylation is 1. The summed E-state index contributed by atoms with van der Waals surface area (Å²) in [5.41, 5.74) is -0.943. The Morgan fingerprint density at radius 3 is 2.44 bits per heavy atom. The van der Waals surface area contributed by atoms with Crippen molar-refractivity contribution in [3.63, 3.8) is 0 Å². The predicted octanol–water partition coefficient (Wildman–Crippen LogP) is 2.03. The van der Waals surface area contributed by atoms with Gasteiger partial charge < -0.3 is 5.11 Å². The monoisotopic (exact) mass is 225 g/mol. The molecule has 1 rings (SSSR count). The molecule has 92 valence electrons. The van der Waals surface area contributed by atoms with E-state index >= 15 is 0 Å². The molecule has 0 amide bonds. The van der Waals surface area contributed by atoms with Crippen LogP contribution in [0.2, 0.25) is 0 Å². The molecular formula is C12H23N3O. The summed E-state index contributed by atoms with van der Waals surface area (Å²) in [6.45, 7) is 10.9. The second-order valence-electron chi connectivity index (χ2n) is 5.60. The van der Waals surface area contributed by atoms with Gasteiger partial charge in [0.2, 0.25) is 0 Å². The molecule has 0 aliphatic carbocycles. The number of rotatable bonds is 4. The van der Waals surface area contributed by atoms with Crippen molar-refractivity contribution in [2.45, 2.75) is 59.6 Å². The average Bonchev–Trinajstić information content (AvgIpc) is 2.51. The Balaban J connectivity index is 2.84. The predicted molar refractivity (Wildman–Crippen MR) is 64.1 cm³/mol. The quantitative estimate of drug-likeness (QED) is 0.853. The third kappa shape index (κ3) is 2.82. The van der Waals surface area contributed by atoms with Crippen molar-refractivity contribution in [1.29, 1.82) is 0 Å². The minimum Gasteiger partial charge on any atom is -0.389 e. The van der Waals surface area contributed by atoms with Gasteiger partial charge in [0.25, 0.3) is 0 Å². The minimum absolute atomic E-state index is 0.171. The molecule has 0 radical (unpaired) electrons. The smallest absolute Gasteiger partial charge is 0.138 e. The largest absolute Gasteiger partial charge is 0.389 e. The molecule has 1 unspecified atom stereocenters. The average molecular weight is 225 g/mol. The molecule has 0 saturated heterocycles. The third-order valence-electron chi connectivity index (χ3n) is 3.25. The van der Waals surface area contributed by atoms with Crippen LogP contribution in [0.5, 0.6) is 0 Å². The maximum Gasteiger partial charge on any atom is 0.138 e. The van der Waals surface area contributed by atoms with E-state index in [4.69, 9.17) is 0 Å². The van der Waals surface area contributed by atoms with E-state index in [0.29, 0.717) is 6.42 Å². The molecule has 1 aromatic heterocycles. The van der Waals surface area contributed by atoms with E-state index in [1.54, 1.807) is 6.33 Å². The third-order valence-corrected chi connectivity index (χ3v) is 3.25. The Hall–Kier alpha value is -0.900. The van der Waals surface area contributed by atoms with Gasteiger partial charge in [0.05, 0.1) is 5.60 Å². The Labute approximate surface area is 97.7 Å². The molecule has 1 atom stereocenters. The van der Waals surface area contributed by atoms with Gasteiger partial charge in [-0.3, -0.25) is 4.68 Å². The first-order valence-electron chi connectivity index (χ1n) is 5.87. The van der Waals surface area contributed by atoms with Crippen molar-refractivity contribution in [3.8, 4) is 0 Å². The van der Waals surface area contributed by atoms with Crippen LogP contribution in [0.3, 0.4) is 0 Å². The first-order chi connectivity index (χ1) is 7.28. The van der Waals surface area contributed by atoms with Gasteiger partial charge in [-0.2, -0.15) is 5.10 Å². The molecule has 1 heterocycles. The Morgan fingerprint density at radius 1 is 1.31 bits per heavy atom. The number of hydrogen-bond acceptors (Lipinski definition) is 3. The molecule has 4 heteroatoms. The van der Waals surface area contributed by atoms with Crippen LogP contribution in [0.25, 0.3) is 0 Å². The van der Waals surface area contributed by atoms with Crippen LogP contribution in [0.1, 0.15) is 46.9 Å². The van der Waals surface area contributed by atoms with Gasteiger partial charge in [0.1, 0.15) is 12.2 Å². The van der Waals surface area contributed by atoms with Crippen LogP contribution in [0.4, 0.5) is 0 Å². The van der Waals surface area contributed by atoms with Gasteiger partial charge in [-0.1, -0.05) is 27.7 Å². The van der Waals surface area contributed by atoms with Crippen LogP contribution < -0.4 is 0 Å². The van der Waals surface area contributed by atoms with E-state index in [0.717, 1.165) is 18.8 Å². The first kappa shape index (κ1) is 13.2. The summed E-state index contributed by atoms with van der Waals surface area (Å²) in [4.78, 5) is 4.23. The van der Waals surface area contributed by atoms with E-state index < -0.39 is 5.60 Å². The summed E-state index contributed by atoms with van der Waals surface area (Å²) >= 11 is 0. The zero-order valence-corrected chi connectivity index (χ0v) is 11.0. The first-order valence-corrected chi connectivity index (χ1v) is 5.87. The summed E-state index contributed by atoms with van der Waals surface area (Å²) < 4.78 is 1.88. The summed E-state index contributed by atoms with van der Waals surface area (Å²) in [5, 5.41) is 14.6. The SMILES string of the molecule is CCCn1ncnc1CC(C)(O)C(C)(C)C. The van der Waals surface area contributed by atoms with Gasteiger partial charge in [0.15, 0.2) is 0 Å². The Morgan fingerprint density at radius 2 is 1.94 bits per heavy atom. The lowest BCUT2D eigenvalue weighted by Gasteiger charge is -2.36. The molecule has 0 aromatic carbocycles. The van der Waals surface area contributed by atoms with Crippen molar-refractivity contribution in [2.75, 3.05) is 0 Å². The molecule has 1 N–H and O–H groups in total. The second-order valence-corrected chi connectivity index (χ2v) is 5.60. The molecule has 0 aliphatic rings. The molecule has 16 heavy (non-hydrogen) atoms.